The van der Waals surface area contributed by atoms with Crippen molar-refractivity contribution in [2.24, 2.45) is 22.7 Å². The lowest BCUT2D eigenvalue weighted by Crippen LogP contribution is -2.23. The van der Waals surface area contributed by atoms with Crippen molar-refractivity contribution in [3.8, 4) is 17.6 Å². The molecule has 0 saturated heterocycles. The van der Waals surface area contributed by atoms with E-state index in [0.717, 1.165) is 0 Å². The minimum atomic E-state index is -1.00. The number of para-hydroxylation sites is 1. The van der Waals surface area contributed by atoms with Gasteiger partial charge in [0.2, 0.25) is 6.10 Å². The van der Waals surface area contributed by atoms with E-state index in [4.69, 9.17) is 32.7 Å². The first-order chi connectivity index (χ1) is 13.8. The van der Waals surface area contributed by atoms with Crippen LogP contribution >= 0.6 is 23.2 Å². The first-order valence-corrected chi connectivity index (χ1v) is 10.0. The van der Waals surface area contributed by atoms with Crippen LogP contribution in [-0.2, 0) is 9.53 Å². The van der Waals surface area contributed by atoms with Gasteiger partial charge in [0.05, 0.1) is 5.92 Å². The SMILES string of the molecule is CC12C(C=C(Cl)Cl)C1(C)C2C(=O)OC(C#N)c1cccc(Oc2ccccc2)c1. The average Bonchev–Trinajstić information content (AvgIpc) is 3.41. The number of hydrogen-bond acceptors (Lipinski definition) is 4. The maximum absolute atomic E-state index is 12.7. The fraction of sp³-hybridized carbons (Fsp3) is 0.304. The van der Waals surface area contributed by atoms with E-state index in [1.807, 2.05) is 44.2 Å². The Balaban J connectivity index is 1.44. The topological polar surface area (TPSA) is 59.3 Å². The molecule has 0 amide bonds. The summed E-state index contributed by atoms with van der Waals surface area (Å²) in [6.45, 7) is 4.04. The standard InChI is InChI=1S/C23H19Cl2NO3/c1-22-18(12-19(24)25)23(22,2)20(22)21(27)29-17(13-26)14-7-6-10-16(11-14)28-15-8-4-3-5-9-15/h3-12,17-18,20H,1-2H3. The molecule has 0 aromatic heterocycles. The van der Waals surface area contributed by atoms with Crippen LogP contribution in [0.3, 0.4) is 0 Å². The van der Waals surface area contributed by atoms with Crippen LogP contribution in [0.4, 0.5) is 0 Å². The van der Waals surface area contributed by atoms with Crippen LogP contribution in [0.2, 0.25) is 0 Å². The van der Waals surface area contributed by atoms with E-state index in [0.29, 0.717) is 17.1 Å². The smallest absolute Gasteiger partial charge is 0.311 e. The van der Waals surface area contributed by atoms with Gasteiger partial charge in [0.25, 0.3) is 0 Å². The molecule has 2 fully saturated rings. The number of rotatable bonds is 6. The second-order valence-electron chi connectivity index (χ2n) is 7.87. The summed E-state index contributed by atoms with van der Waals surface area (Å²) in [6.07, 6.45) is 0.777. The number of nitrogens with zero attached hydrogens (tertiary/aromatic N) is 1. The van der Waals surface area contributed by atoms with Gasteiger partial charge in [-0.3, -0.25) is 4.79 Å². The molecule has 2 aromatic carbocycles. The van der Waals surface area contributed by atoms with Gasteiger partial charge in [-0.1, -0.05) is 67.4 Å². The Bertz CT molecular complexity index is 1010. The third kappa shape index (κ3) is 3.19. The summed E-state index contributed by atoms with van der Waals surface area (Å²) in [4.78, 5) is 12.7. The molecule has 3 atom stereocenters. The minimum absolute atomic E-state index is 0.153. The molecule has 29 heavy (non-hydrogen) atoms. The van der Waals surface area contributed by atoms with E-state index in [1.54, 1.807) is 30.3 Å². The molecule has 6 heteroatoms. The molecule has 0 spiro atoms. The number of ether oxygens (including phenoxy) is 2. The van der Waals surface area contributed by atoms with Crippen molar-refractivity contribution in [2.45, 2.75) is 20.0 Å². The highest BCUT2D eigenvalue weighted by Crippen LogP contribution is 2.94. The molecule has 0 aliphatic heterocycles. The monoisotopic (exact) mass is 427 g/mol. The lowest BCUT2D eigenvalue weighted by atomic mass is 9.93. The van der Waals surface area contributed by atoms with Gasteiger partial charge < -0.3 is 9.47 Å². The summed E-state index contributed by atoms with van der Waals surface area (Å²) in [5.41, 5.74) is 0.147. The van der Waals surface area contributed by atoms with Gasteiger partial charge in [-0.15, -0.1) is 0 Å². The zero-order chi connectivity index (χ0) is 20.8. The fourth-order valence-corrected chi connectivity index (χ4v) is 4.95. The molecule has 4 rings (SSSR count). The van der Waals surface area contributed by atoms with Gasteiger partial charge in [0, 0.05) is 5.56 Å². The quantitative estimate of drug-likeness (QED) is 0.516. The number of hydrogen-bond donors (Lipinski definition) is 0. The summed E-state index contributed by atoms with van der Waals surface area (Å²) in [6, 6.07) is 18.4. The van der Waals surface area contributed by atoms with Gasteiger partial charge in [0.1, 0.15) is 22.1 Å². The molecule has 0 N–H and O–H groups in total. The minimum Gasteiger partial charge on any atom is -0.457 e. The Labute approximate surface area is 179 Å². The van der Waals surface area contributed by atoms with Crippen molar-refractivity contribution in [1.29, 1.82) is 5.26 Å². The fourth-order valence-electron chi connectivity index (χ4n) is 4.70. The van der Waals surface area contributed by atoms with Gasteiger partial charge in [-0.25, -0.2) is 0 Å². The molecular formula is C23H19Cl2NO3. The van der Waals surface area contributed by atoms with Gasteiger partial charge >= 0.3 is 5.97 Å². The van der Waals surface area contributed by atoms with Crippen molar-refractivity contribution in [3.63, 3.8) is 0 Å². The van der Waals surface area contributed by atoms with E-state index in [2.05, 4.69) is 6.07 Å². The third-order valence-electron chi connectivity index (χ3n) is 6.50. The number of esters is 1. The highest BCUT2D eigenvalue weighted by atomic mass is 35.5. The van der Waals surface area contributed by atoms with Crippen LogP contribution in [0.25, 0.3) is 0 Å². The van der Waals surface area contributed by atoms with Crippen molar-refractivity contribution >= 4 is 29.2 Å². The van der Waals surface area contributed by atoms with E-state index in [-0.39, 0.29) is 33.1 Å². The number of halogens is 2. The maximum Gasteiger partial charge on any atom is 0.311 e. The number of fused-ring (bicyclic) bond motifs is 1. The molecule has 2 saturated carbocycles. The first-order valence-electron chi connectivity index (χ1n) is 9.28. The molecular weight excluding hydrogens is 409 g/mol. The molecule has 2 aromatic rings. The van der Waals surface area contributed by atoms with E-state index >= 15 is 0 Å². The normalized spacial score (nSPS) is 29.6. The van der Waals surface area contributed by atoms with E-state index in [1.165, 1.54) is 0 Å². The summed E-state index contributed by atoms with van der Waals surface area (Å²) in [5, 5.41) is 9.58. The predicted molar refractivity (Wildman–Crippen MR) is 110 cm³/mol. The van der Waals surface area contributed by atoms with E-state index in [9.17, 15) is 10.1 Å². The van der Waals surface area contributed by atoms with Gasteiger partial charge in [0.15, 0.2) is 0 Å². The molecule has 3 unspecified atom stereocenters. The molecule has 4 nitrogen and oxygen atoms in total. The zero-order valence-electron chi connectivity index (χ0n) is 15.9. The van der Waals surface area contributed by atoms with Gasteiger partial charge in [-0.2, -0.15) is 5.26 Å². The Hall–Kier alpha value is -2.48. The lowest BCUT2D eigenvalue weighted by Gasteiger charge is -2.18. The number of nitriles is 1. The molecule has 2 aliphatic carbocycles. The van der Waals surface area contributed by atoms with Crippen LogP contribution < -0.4 is 4.74 Å². The zero-order valence-corrected chi connectivity index (χ0v) is 17.4. The number of carbonyl (C=O) groups is 1. The second kappa shape index (κ2) is 7.09. The van der Waals surface area contributed by atoms with Crippen molar-refractivity contribution in [3.05, 3.63) is 70.7 Å². The largest absolute Gasteiger partial charge is 0.457 e. The van der Waals surface area contributed by atoms with Crippen molar-refractivity contribution in [1.82, 2.24) is 0 Å². The lowest BCUT2D eigenvalue weighted by molar-refractivity contribution is -0.151. The Morgan fingerprint density at radius 1 is 1.10 bits per heavy atom. The van der Waals surface area contributed by atoms with Crippen LogP contribution in [0.15, 0.2) is 65.2 Å². The molecule has 0 radical (unpaired) electrons. The van der Waals surface area contributed by atoms with Crippen LogP contribution in [0, 0.1) is 34.0 Å². The van der Waals surface area contributed by atoms with Gasteiger partial charge in [-0.05, 0) is 47.1 Å². The Kier molecular flexibility index (Phi) is 4.85. The summed E-state index contributed by atoms with van der Waals surface area (Å²) < 4.78 is 11.6. The second-order valence-corrected chi connectivity index (χ2v) is 8.87. The highest BCUT2D eigenvalue weighted by Gasteiger charge is 2.94. The average molecular weight is 428 g/mol. The number of carbonyl (C=O) groups excluding carboxylic acids is 1. The molecule has 0 heterocycles. The van der Waals surface area contributed by atoms with Crippen molar-refractivity contribution < 1.29 is 14.3 Å². The Morgan fingerprint density at radius 2 is 1.76 bits per heavy atom. The molecule has 0 bridgehead atoms. The Morgan fingerprint density at radius 3 is 2.38 bits per heavy atom. The maximum atomic E-state index is 12.7. The number of benzene rings is 2. The first kappa shape index (κ1) is 19.8. The summed E-state index contributed by atoms with van der Waals surface area (Å²) in [5.74, 6) is 0.779. The molecule has 148 valence electrons. The van der Waals surface area contributed by atoms with Crippen LogP contribution in [0.1, 0.15) is 25.5 Å². The third-order valence-corrected chi connectivity index (χ3v) is 6.76. The van der Waals surface area contributed by atoms with Crippen LogP contribution in [-0.4, -0.2) is 5.97 Å². The summed E-state index contributed by atoms with van der Waals surface area (Å²) in [7, 11) is 0. The molecule has 2 aliphatic rings. The number of allylic oxidation sites excluding steroid dienone is 1. The van der Waals surface area contributed by atoms with E-state index < -0.39 is 6.10 Å². The van der Waals surface area contributed by atoms with Crippen LogP contribution in [0.5, 0.6) is 11.5 Å². The van der Waals surface area contributed by atoms with Crippen molar-refractivity contribution in [2.75, 3.05) is 0 Å². The predicted octanol–water partition coefficient (Wildman–Crippen LogP) is 6.18. The summed E-state index contributed by atoms with van der Waals surface area (Å²) >= 11 is 11.5. The highest BCUT2D eigenvalue weighted by molar-refractivity contribution is 6.55.